The minimum Gasteiger partial charge on any atom is -0.492 e. The normalized spacial score (nSPS) is 22.6. The van der Waals surface area contributed by atoms with Gasteiger partial charge < -0.3 is 9.47 Å². The Hall–Kier alpha value is -0.990. The van der Waals surface area contributed by atoms with Crippen LogP contribution in [-0.4, -0.2) is 19.7 Å². The highest BCUT2D eigenvalue weighted by Crippen LogP contribution is 2.36. The average Bonchev–Trinajstić information content (AvgIpc) is 2.17. The molecule has 3 heteroatoms. The number of esters is 1. The molecule has 0 aromatic heterocycles. The van der Waals surface area contributed by atoms with Crippen molar-refractivity contribution in [3.05, 3.63) is 11.3 Å². The van der Waals surface area contributed by atoms with Gasteiger partial charge in [-0.1, -0.05) is 19.3 Å². The largest absolute Gasteiger partial charge is 0.492 e. The average molecular weight is 196 g/mol. The molecule has 0 aromatic rings. The van der Waals surface area contributed by atoms with E-state index in [1.807, 2.05) is 0 Å². The van der Waals surface area contributed by atoms with Gasteiger partial charge in [-0.05, 0) is 12.8 Å². The monoisotopic (exact) mass is 196 g/mol. The molecule has 0 radical (unpaired) electrons. The fraction of sp³-hybridized carbons (Fsp3) is 0.727. The zero-order chi connectivity index (χ0) is 9.97. The van der Waals surface area contributed by atoms with E-state index in [4.69, 9.17) is 9.47 Å². The highest BCUT2D eigenvalue weighted by molar-refractivity contribution is 5.90. The molecule has 1 aliphatic carbocycles. The quantitative estimate of drug-likeness (QED) is 0.634. The summed E-state index contributed by atoms with van der Waals surface area (Å²) in [4.78, 5) is 11.3. The Morgan fingerprint density at radius 3 is 2.57 bits per heavy atom. The van der Waals surface area contributed by atoms with Gasteiger partial charge in [-0.15, -0.1) is 0 Å². The van der Waals surface area contributed by atoms with Crippen LogP contribution in [0.4, 0.5) is 0 Å². The van der Waals surface area contributed by atoms with Crippen LogP contribution in [0, 0.1) is 5.92 Å². The van der Waals surface area contributed by atoms with Gasteiger partial charge in [-0.25, -0.2) is 4.79 Å². The molecule has 0 saturated heterocycles. The lowest BCUT2D eigenvalue weighted by atomic mass is 9.85. The number of ether oxygens (including phenoxy) is 2. The molecule has 1 heterocycles. The van der Waals surface area contributed by atoms with Crippen molar-refractivity contribution in [2.24, 2.45) is 5.92 Å². The molecule has 0 N–H and O–H groups in total. The Balaban J connectivity index is 2.05. The SMILES string of the molecule is COC(=O)C1=C(C2CCCCC2)OC1. The predicted molar refractivity (Wildman–Crippen MR) is 51.6 cm³/mol. The second-order valence-electron chi connectivity index (χ2n) is 3.96. The maximum Gasteiger partial charge on any atom is 0.340 e. The molecule has 0 aromatic carbocycles. The minimum absolute atomic E-state index is 0.211. The number of methoxy groups -OCH3 is 1. The first-order valence-electron chi connectivity index (χ1n) is 5.27. The molecule has 0 amide bonds. The molecule has 0 atom stereocenters. The lowest BCUT2D eigenvalue weighted by Gasteiger charge is -2.31. The fourth-order valence-electron chi connectivity index (χ4n) is 2.24. The molecule has 3 nitrogen and oxygen atoms in total. The number of hydrogen-bond donors (Lipinski definition) is 0. The zero-order valence-corrected chi connectivity index (χ0v) is 8.54. The van der Waals surface area contributed by atoms with Crippen molar-refractivity contribution < 1.29 is 14.3 Å². The van der Waals surface area contributed by atoms with Crippen LogP contribution in [0.25, 0.3) is 0 Å². The number of rotatable bonds is 2. The van der Waals surface area contributed by atoms with Crippen molar-refractivity contribution in [3.63, 3.8) is 0 Å². The molecule has 0 bridgehead atoms. The van der Waals surface area contributed by atoms with Crippen molar-refractivity contribution in [3.8, 4) is 0 Å². The summed E-state index contributed by atoms with van der Waals surface area (Å²) in [5.74, 6) is 1.18. The van der Waals surface area contributed by atoms with Crippen LogP contribution in [0.2, 0.25) is 0 Å². The molecule has 0 unspecified atom stereocenters. The van der Waals surface area contributed by atoms with Crippen LogP contribution in [0.3, 0.4) is 0 Å². The van der Waals surface area contributed by atoms with Crippen LogP contribution < -0.4 is 0 Å². The zero-order valence-electron chi connectivity index (χ0n) is 8.54. The Labute approximate surface area is 84.1 Å². The van der Waals surface area contributed by atoms with Crippen LogP contribution >= 0.6 is 0 Å². The van der Waals surface area contributed by atoms with Crippen molar-refractivity contribution in [1.82, 2.24) is 0 Å². The second kappa shape index (κ2) is 4.03. The third kappa shape index (κ3) is 1.63. The molecule has 78 valence electrons. The Bertz CT molecular complexity index is 262. The number of hydrogen-bond acceptors (Lipinski definition) is 3. The van der Waals surface area contributed by atoms with E-state index in [2.05, 4.69) is 0 Å². The van der Waals surface area contributed by atoms with Crippen LogP contribution in [-0.2, 0) is 14.3 Å². The van der Waals surface area contributed by atoms with Crippen molar-refractivity contribution in [2.45, 2.75) is 32.1 Å². The molecule has 0 spiro atoms. The summed E-state index contributed by atoms with van der Waals surface area (Å²) in [7, 11) is 1.42. The van der Waals surface area contributed by atoms with Gasteiger partial charge in [0.2, 0.25) is 0 Å². The van der Waals surface area contributed by atoms with Gasteiger partial charge in [0, 0.05) is 5.92 Å². The topological polar surface area (TPSA) is 35.5 Å². The minimum atomic E-state index is -0.211. The molecule has 2 aliphatic rings. The fourth-order valence-corrected chi connectivity index (χ4v) is 2.24. The highest BCUT2D eigenvalue weighted by atomic mass is 16.5. The smallest absolute Gasteiger partial charge is 0.340 e. The molecular weight excluding hydrogens is 180 g/mol. The van der Waals surface area contributed by atoms with Gasteiger partial charge in [-0.3, -0.25) is 0 Å². The van der Waals surface area contributed by atoms with Crippen molar-refractivity contribution in [2.75, 3.05) is 13.7 Å². The highest BCUT2D eigenvalue weighted by Gasteiger charge is 2.32. The van der Waals surface area contributed by atoms with Crippen LogP contribution in [0.5, 0.6) is 0 Å². The van der Waals surface area contributed by atoms with E-state index in [1.54, 1.807) is 0 Å². The van der Waals surface area contributed by atoms with Gasteiger partial charge in [0.25, 0.3) is 0 Å². The standard InChI is InChI=1S/C11H16O3/c1-13-11(12)9-7-14-10(9)8-5-3-2-4-6-8/h8H,2-7H2,1H3. The summed E-state index contributed by atoms with van der Waals surface area (Å²) < 4.78 is 10.1. The first-order chi connectivity index (χ1) is 6.83. The summed E-state index contributed by atoms with van der Waals surface area (Å²) in [5, 5.41) is 0. The van der Waals surface area contributed by atoms with E-state index in [-0.39, 0.29) is 5.97 Å². The Kier molecular flexibility index (Phi) is 2.75. The maximum atomic E-state index is 11.3. The predicted octanol–water partition coefficient (Wildman–Crippen LogP) is 2.02. The van der Waals surface area contributed by atoms with E-state index in [1.165, 1.54) is 26.4 Å². The third-order valence-electron chi connectivity index (χ3n) is 3.08. The van der Waals surface area contributed by atoms with E-state index >= 15 is 0 Å². The molecule has 1 saturated carbocycles. The summed E-state index contributed by atoms with van der Waals surface area (Å²) in [6, 6.07) is 0. The lowest BCUT2D eigenvalue weighted by Crippen LogP contribution is -2.28. The van der Waals surface area contributed by atoms with Crippen molar-refractivity contribution >= 4 is 5.97 Å². The Morgan fingerprint density at radius 2 is 2.07 bits per heavy atom. The van der Waals surface area contributed by atoms with E-state index in [0.29, 0.717) is 12.5 Å². The van der Waals surface area contributed by atoms with Crippen LogP contribution in [0.1, 0.15) is 32.1 Å². The molecule has 2 rings (SSSR count). The van der Waals surface area contributed by atoms with Gasteiger partial charge in [0.15, 0.2) is 0 Å². The van der Waals surface area contributed by atoms with Crippen LogP contribution in [0.15, 0.2) is 11.3 Å². The maximum absolute atomic E-state index is 11.3. The van der Waals surface area contributed by atoms with Gasteiger partial charge in [0.05, 0.1) is 7.11 Å². The molecule has 14 heavy (non-hydrogen) atoms. The van der Waals surface area contributed by atoms with E-state index < -0.39 is 0 Å². The summed E-state index contributed by atoms with van der Waals surface area (Å²) in [5.41, 5.74) is 0.763. The second-order valence-corrected chi connectivity index (χ2v) is 3.96. The first kappa shape index (κ1) is 9.56. The molecule has 1 aliphatic heterocycles. The van der Waals surface area contributed by atoms with Gasteiger partial charge in [-0.2, -0.15) is 0 Å². The molecular formula is C11H16O3. The van der Waals surface area contributed by atoms with Gasteiger partial charge in [0.1, 0.15) is 17.9 Å². The van der Waals surface area contributed by atoms with E-state index in [0.717, 1.165) is 24.2 Å². The Morgan fingerprint density at radius 1 is 1.36 bits per heavy atom. The first-order valence-corrected chi connectivity index (χ1v) is 5.27. The van der Waals surface area contributed by atoms with Crippen molar-refractivity contribution in [1.29, 1.82) is 0 Å². The van der Waals surface area contributed by atoms with E-state index in [9.17, 15) is 4.79 Å². The number of carbonyl (C=O) groups is 1. The summed E-state index contributed by atoms with van der Waals surface area (Å²) in [6.07, 6.45) is 6.15. The molecule has 1 fully saturated rings. The third-order valence-corrected chi connectivity index (χ3v) is 3.08. The summed E-state index contributed by atoms with van der Waals surface area (Å²) >= 11 is 0. The lowest BCUT2D eigenvalue weighted by molar-refractivity contribution is -0.138. The van der Waals surface area contributed by atoms with Gasteiger partial charge >= 0.3 is 5.97 Å². The summed E-state index contributed by atoms with van der Waals surface area (Å²) in [6.45, 7) is 0.443. The number of allylic oxidation sites excluding steroid dienone is 1. The number of carbonyl (C=O) groups excluding carboxylic acids is 1.